The molecule has 1 fully saturated rings. The van der Waals surface area contributed by atoms with Crippen LogP contribution in [0.4, 0.5) is 24.5 Å². The van der Waals surface area contributed by atoms with Gasteiger partial charge in [-0.15, -0.1) is 0 Å². The van der Waals surface area contributed by atoms with E-state index in [1.54, 1.807) is 59.8 Å². The summed E-state index contributed by atoms with van der Waals surface area (Å²) in [6.07, 6.45) is 2.22. The highest BCUT2D eigenvalue weighted by atomic mass is 32.2. The molecule has 1 N–H and O–H groups in total. The Labute approximate surface area is 229 Å². The predicted octanol–water partition coefficient (Wildman–Crippen LogP) is 5.29. The van der Waals surface area contributed by atoms with Gasteiger partial charge in [0.1, 0.15) is 0 Å². The zero-order valence-corrected chi connectivity index (χ0v) is 22.8. The number of hydrogen-bond donors (Lipinski definition) is 1. The molecule has 0 amide bonds. The van der Waals surface area contributed by atoms with Crippen LogP contribution in [0.5, 0.6) is 0 Å². The lowest BCUT2D eigenvalue weighted by Gasteiger charge is -2.31. The van der Waals surface area contributed by atoms with Crippen LogP contribution < -0.4 is 15.3 Å². The van der Waals surface area contributed by atoms with E-state index in [0.717, 1.165) is 42.7 Å². The summed E-state index contributed by atoms with van der Waals surface area (Å²) in [5.41, 5.74) is 1.56. The molecule has 12 heteroatoms. The van der Waals surface area contributed by atoms with Gasteiger partial charge in [0, 0.05) is 43.9 Å². The molecular weight excluding hydrogens is 543 g/mol. The summed E-state index contributed by atoms with van der Waals surface area (Å²) in [6, 6.07) is 14.2. The Balaban J connectivity index is 1.56. The zero-order chi connectivity index (χ0) is 28.7. The number of halogens is 3. The van der Waals surface area contributed by atoms with E-state index in [9.17, 15) is 26.4 Å². The van der Waals surface area contributed by atoms with Gasteiger partial charge in [0.25, 0.3) is 0 Å². The van der Waals surface area contributed by atoms with Crippen molar-refractivity contribution in [3.63, 3.8) is 0 Å². The van der Waals surface area contributed by atoms with Gasteiger partial charge in [0.05, 0.1) is 28.9 Å². The number of aromatic nitrogens is 3. The average molecular weight is 572 g/mol. The molecule has 2 aromatic carbocycles. The molecule has 40 heavy (non-hydrogen) atoms. The van der Waals surface area contributed by atoms with Crippen molar-refractivity contribution in [2.24, 2.45) is 7.05 Å². The van der Waals surface area contributed by atoms with Crippen LogP contribution in [0.15, 0.2) is 71.8 Å². The number of nitrogens with one attached hydrogen (secondary N) is 1. The summed E-state index contributed by atoms with van der Waals surface area (Å²) in [5, 5.41) is 0. The van der Waals surface area contributed by atoms with Crippen LogP contribution in [0.1, 0.15) is 24.8 Å². The van der Waals surface area contributed by atoms with Crippen molar-refractivity contribution in [1.82, 2.24) is 14.1 Å². The first-order chi connectivity index (χ1) is 18.9. The standard InChI is InChI=1S/C28H28F3N5O3S/c1-34-18-26(24-16-20(12-13-32-24)19-6-8-21(9-7-19)33-40(2,38)39)36(27(34)37)22-10-11-25(23(17-22)28(29,30)31)35-14-4-3-5-15-35/h6-13,16-18,33H,3-5,14-15H2,1-2H3. The number of piperidine rings is 1. The maximum atomic E-state index is 14.2. The average Bonchev–Trinajstić information content (AvgIpc) is 3.22. The van der Waals surface area contributed by atoms with Crippen molar-refractivity contribution in [2.45, 2.75) is 25.4 Å². The highest BCUT2D eigenvalue weighted by Gasteiger charge is 2.36. The molecule has 4 aromatic rings. The van der Waals surface area contributed by atoms with Gasteiger partial charge in [0.15, 0.2) is 0 Å². The lowest BCUT2D eigenvalue weighted by atomic mass is 10.0. The lowest BCUT2D eigenvalue weighted by Crippen LogP contribution is -2.31. The number of aryl methyl sites for hydroxylation is 1. The van der Waals surface area contributed by atoms with Crippen molar-refractivity contribution < 1.29 is 21.6 Å². The van der Waals surface area contributed by atoms with E-state index < -0.39 is 27.5 Å². The van der Waals surface area contributed by atoms with Crippen molar-refractivity contribution in [2.75, 3.05) is 29.0 Å². The molecule has 1 aliphatic heterocycles. The minimum absolute atomic E-state index is 0.0945. The van der Waals surface area contributed by atoms with Crippen LogP contribution in [0.25, 0.3) is 28.2 Å². The largest absolute Gasteiger partial charge is 0.418 e. The molecule has 0 saturated carbocycles. The molecule has 1 aliphatic rings. The van der Waals surface area contributed by atoms with Crippen molar-refractivity contribution >= 4 is 21.4 Å². The van der Waals surface area contributed by atoms with Crippen LogP contribution in [0.2, 0.25) is 0 Å². The number of nitrogens with zero attached hydrogens (tertiary/aromatic N) is 4. The fourth-order valence-corrected chi connectivity index (χ4v) is 5.55. The molecule has 0 spiro atoms. The molecule has 5 rings (SSSR count). The summed E-state index contributed by atoms with van der Waals surface area (Å²) >= 11 is 0. The summed E-state index contributed by atoms with van der Waals surface area (Å²) in [5.74, 6) is 0. The van der Waals surface area contributed by atoms with Gasteiger partial charge in [-0.25, -0.2) is 13.2 Å². The molecule has 2 aromatic heterocycles. The summed E-state index contributed by atoms with van der Waals surface area (Å²) < 4.78 is 70.6. The van der Waals surface area contributed by atoms with Crippen LogP contribution in [-0.2, 0) is 23.2 Å². The van der Waals surface area contributed by atoms with Gasteiger partial charge in [-0.2, -0.15) is 13.2 Å². The molecular formula is C28H28F3N5O3S. The van der Waals surface area contributed by atoms with E-state index in [4.69, 9.17) is 0 Å². The van der Waals surface area contributed by atoms with Crippen LogP contribution >= 0.6 is 0 Å². The van der Waals surface area contributed by atoms with Crippen LogP contribution in [0, 0.1) is 0 Å². The van der Waals surface area contributed by atoms with E-state index in [-0.39, 0.29) is 11.4 Å². The SMILES string of the molecule is Cn1cc(-c2cc(-c3ccc(NS(C)(=O)=O)cc3)ccn2)n(-c2ccc(N3CCCCC3)c(C(F)(F)F)c2)c1=O. The Hall–Kier alpha value is -4.06. The predicted molar refractivity (Wildman–Crippen MR) is 149 cm³/mol. The second kappa shape index (κ2) is 10.5. The number of sulfonamides is 1. The molecule has 0 radical (unpaired) electrons. The van der Waals surface area contributed by atoms with Gasteiger partial charge in [-0.1, -0.05) is 12.1 Å². The molecule has 0 atom stereocenters. The Kier molecular flexibility index (Phi) is 7.21. The number of alkyl halides is 3. The molecule has 0 aliphatic carbocycles. The number of pyridine rings is 1. The van der Waals surface area contributed by atoms with E-state index in [0.29, 0.717) is 30.2 Å². The minimum atomic E-state index is -4.60. The third kappa shape index (κ3) is 5.76. The quantitative estimate of drug-likeness (QED) is 0.340. The molecule has 3 heterocycles. The fourth-order valence-electron chi connectivity index (χ4n) is 4.98. The Bertz CT molecular complexity index is 1700. The number of imidazole rings is 1. The topological polar surface area (TPSA) is 89.2 Å². The Morgan fingerprint density at radius 2 is 1.62 bits per heavy atom. The first kappa shape index (κ1) is 27.5. The third-order valence-electron chi connectivity index (χ3n) is 6.83. The van der Waals surface area contributed by atoms with Gasteiger partial charge in [0.2, 0.25) is 10.0 Å². The van der Waals surface area contributed by atoms with Crippen molar-refractivity contribution in [3.8, 4) is 28.2 Å². The molecule has 8 nitrogen and oxygen atoms in total. The first-order valence-electron chi connectivity index (χ1n) is 12.7. The second-order valence-corrected chi connectivity index (χ2v) is 11.6. The Morgan fingerprint density at radius 3 is 2.27 bits per heavy atom. The van der Waals surface area contributed by atoms with Gasteiger partial charge in [-0.05, 0) is 72.9 Å². The van der Waals surface area contributed by atoms with Gasteiger partial charge in [-0.3, -0.25) is 14.3 Å². The smallest absolute Gasteiger partial charge is 0.371 e. The summed E-state index contributed by atoms with van der Waals surface area (Å²) in [7, 11) is -1.89. The summed E-state index contributed by atoms with van der Waals surface area (Å²) in [6.45, 7) is 1.11. The minimum Gasteiger partial charge on any atom is -0.371 e. The molecule has 1 saturated heterocycles. The normalized spacial score (nSPS) is 14.4. The third-order valence-corrected chi connectivity index (χ3v) is 7.44. The lowest BCUT2D eigenvalue weighted by molar-refractivity contribution is -0.137. The van der Waals surface area contributed by atoms with Gasteiger partial charge >= 0.3 is 11.9 Å². The maximum absolute atomic E-state index is 14.2. The van der Waals surface area contributed by atoms with E-state index >= 15 is 0 Å². The highest BCUT2D eigenvalue weighted by molar-refractivity contribution is 7.92. The number of anilines is 2. The number of rotatable bonds is 6. The second-order valence-electron chi connectivity index (χ2n) is 9.87. The van der Waals surface area contributed by atoms with E-state index in [1.165, 1.54) is 22.2 Å². The van der Waals surface area contributed by atoms with E-state index in [1.807, 2.05) is 0 Å². The zero-order valence-electron chi connectivity index (χ0n) is 21.9. The number of benzene rings is 2. The van der Waals surface area contributed by atoms with Crippen LogP contribution in [-0.4, -0.2) is 41.9 Å². The summed E-state index contributed by atoms with van der Waals surface area (Å²) in [4.78, 5) is 19.3. The fraction of sp³-hybridized carbons (Fsp3) is 0.286. The monoisotopic (exact) mass is 571 g/mol. The van der Waals surface area contributed by atoms with Gasteiger partial charge < -0.3 is 9.47 Å². The van der Waals surface area contributed by atoms with Crippen LogP contribution in [0.3, 0.4) is 0 Å². The molecule has 0 bridgehead atoms. The molecule has 210 valence electrons. The molecule has 0 unspecified atom stereocenters. The maximum Gasteiger partial charge on any atom is 0.418 e. The van der Waals surface area contributed by atoms with Crippen molar-refractivity contribution in [1.29, 1.82) is 0 Å². The Morgan fingerprint density at radius 1 is 0.925 bits per heavy atom. The highest BCUT2D eigenvalue weighted by Crippen LogP contribution is 2.39. The van der Waals surface area contributed by atoms with Crippen molar-refractivity contribution in [3.05, 3.63) is 83.0 Å². The van der Waals surface area contributed by atoms with E-state index in [2.05, 4.69) is 9.71 Å². The first-order valence-corrected chi connectivity index (χ1v) is 14.6. The number of hydrogen-bond acceptors (Lipinski definition) is 5.